The summed E-state index contributed by atoms with van der Waals surface area (Å²) in [6.45, 7) is 2.51. The summed E-state index contributed by atoms with van der Waals surface area (Å²) in [5, 5.41) is 2.86. The molecule has 0 aliphatic rings. The van der Waals surface area contributed by atoms with E-state index < -0.39 is 51.9 Å². The highest BCUT2D eigenvalue weighted by atomic mass is 32.2. The molecule has 0 spiro atoms. The standard InChI is InChI=1S/C29H32F3N3O4S/c1-4-20(2)33-29(37)27(16-21-10-6-5-7-11-21)34(18-22-12-8-9-13-24(22)30)28(36)19-35(40(3,38)39)23-14-15-25(31)26(32)17-23/h5-15,17,20,27H,4,16,18-19H2,1-3H3,(H,33,37)/t20-,27-/m0/s1. The summed E-state index contributed by atoms with van der Waals surface area (Å²) < 4.78 is 68.3. The van der Waals surface area contributed by atoms with Gasteiger partial charge in [-0.25, -0.2) is 21.6 Å². The second-order valence-corrected chi connectivity index (χ2v) is 11.4. The van der Waals surface area contributed by atoms with E-state index in [-0.39, 0.29) is 30.3 Å². The molecule has 0 radical (unpaired) electrons. The fourth-order valence-electron chi connectivity index (χ4n) is 4.06. The summed E-state index contributed by atoms with van der Waals surface area (Å²) in [7, 11) is -4.16. The Balaban J connectivity index is 2.08. The number of carbonyl (C=O) groups is 2. The van der Waals surface area contributed by atoms with Gasteiger partial charge in [0, 0.05) is 30.6 Å². The zero-order valence-corrected chi connectivity index (χ0v) is 23.3. The molecule has 0 saturated heterocycles. The number of anilines is 1. The summed E-state index contributed by atoms with van der Waals surface area (Å²) in [5.41, 5.74) is 0.562. The molecular formula is C29H32F3N3O4S. The molecule has 0 fully saturated rings. The Morgan fingerprint density at radius 1 is 0.900 bits per heavy atom. The predicted molar refractivity (Wildman–Crippen MR) is 147 cm³/mol. The lowest BCUT2D eigenvalue weighted by molar-refractivity contribution is -0.140. The van der Waals surface area contributed by atoms with Gasteiger partial charge in [-0.3, -0.25) is 13.9 Å². The van der Waals surface area contributed by atoms with Crippen LogP contribution in [0.4, 0.5) is 18.9 Å². The second-order valence-electron chi connectivity index (χ2n) is 9.50. The second kappa shape index (κ2) is 13.5. The molecule has 40 heavy (non-hydrogen) atoms. The van der Waals surface area contributed by atoms with Crippen molar-refractivity contribution in [1.29, 1.82) is 0 Å². The maximum absolute atomic E-state index is 14.7. The van der Waals surface area contributed by atoms with Crippen LogP contribution in [0.2, 0.25) is 0 Å². The third-order valence-electron chi connectivity index (χ3n) is 6.44. The van der Waals surface area contributed by atoms with Crippen molar-refractivity contribution in [3.05, 3.63) is 101 Å². The number of halogens is 3. The molecule has 3 rings (SSSR count). The molecule has 214 valence electrons. The Hall–Kier alpha value is -3.86. The van der Waals surface area contributed by atoms with Crippen LogP contribution in [-0.4, -0.2) is 50.0 Å². The van der Waals surface area contributed by atoms with E-state index in [0.717, 1.165) is 28.9 Å². The van der Waals surface area contributed by atoms with Gasteiger partial charge < -0.3 is 10.2 Å². The molecule has 3 aromatic carbocycles. The molecule has 3 aromatic rings. The van der Waals surface area contributed by atoms with Crippen LogP contribution in [0.15, 0.2) is 72.8 Å². The number of sulfonamides is 1. The van der Waals surface area contributed by atoms with E-state index in [0.29, 0.717) is 16.8 Å². The molecule has 0 aliphatic carbocycles. The molecule has 11 heteroatoms. The average molecular weight is 576 g/mol. The number of benzene rings is 3. The highest BCUT2D eigenvalue weighted by molar-refractivity contribution is 7.92. The Bertz CT molecular complexity index is 1440. The third kappa shape index (κ3) is 8.08. The summed E-state index contributed by atoms with van der Waals surface area (Å²) in [6.07, 6.45) is 1.50. The smallest absolute Gasteiger partial charge is 0.244 e. The lowest BCUT2D eigenvalue weighted by Crippen LogP contribution is -2.54. The van der Waals surface area contributed by atoms with Gasteiger partial charge in [0.25, 0.3) is 0 Å². The number of rotatable bonds is 12. The first-order valence-corrected chi connectivity index (χ1v) is 14.6. The van der Waals surface area contributed by atoms with Crippen molar-refractivity contribution in [2.75, 3.05) is 17.1 Å². The maximum atomic E-state index is 14.7. The van der Waals surface area contributed by atoms with E-state index in [2.05, 4.69) is 5.32 Å². The van der Waals surface area contributed by atoms with Crippen LogP contribution in [0.25, 0.3) is 0 Å². The van der Waals surface area contributed by atoms with Crippen LogP contribution < -0.4 is 9.62 Å². The molecule has 2 amide bonds. The first-order valence-electron chi connectivity index (χ1n) is 12.7. The van der Waals surface area contributed by atoms with E-state index in [1.165, 1.54) is 18.2 Å². The minimum Gasteiger partial charge on any atom is -0.352 e. The van der Waals surface area contributed by atoms with Crippen molar-refractivity contribution in [3.63, 3.8) is 0 Å². The van der Waals surface area contributed by atoms with Crippen LogP contribution in [0.5, 0.6) is 0 Å². The number of hydrogen-bond donors (Lipinski definition) is 1. The van der Waals surface area contributed by atoms with Gasteiger partial charge >= 0.3 is 0 Å². The van der Waals surface area contributed by atoms with Crippen LogP contribution in [-0.2, 0) is 32.6 Å². The Kier molecular flexibility index (Phi) is 10.3. The summed E-state index contributed by atoms with van der Waals surface area (Å²) in [5.74, 6) is -4.42. The van der Waals surface area contributed by atoms with Gasteiger partial charge in [-0.1, -0.05) is 55.5 Å². The van der Waals surface area contributed by atoms with Crippen molar-refractivity contribution < 1.29 is 31.2 Å². The normalized spacial score (nSPS) is 12.8. The van der Waals surface area contributed by atoms with Crippen LogP contribution in [0, 0.1) is 17.5 Å². The largest absolute Gasteiger partial charge is 0.352 e. The number of nitrogens with zero attached hydrogens (tertiary/aromatic N) is 2. The topological polar surface area (TPSA) is 86.8 Å². The zero-order chi connectivity index (χ0) is 29.4. The highest BCUT2D eigenvalue weighted by Crippen LogP contribution is 2.23. The van der Waals surface area contributed by atoms with Gasteiger partial charge in [0.15, 0.2) is 11.6 Å². The summed E-state index contributed by atoms with van der Waals surface area (Å²) in [4.78, 5) is 28.6. The van der Waals surface area contributed by atoms with E-state index in [9.17, 15) is 31.2 Å². The van der Waals surface area contributed by atoms with Gasteiger partial charge in [-0.15, -0.1) is 0 Å². The fourth-order valence-corrected chi connectivity index (χ4v) is 4.90. The van der Waals surface area contributed by atoms with Gasteiger partial charge in [-0.2, -0.15) is 0 Å². The third-order valence-corrected chi connectivity index (χ3v) is 7.58. The lowest BCUT2D eigenvalue weighted by atomic mass is 10.0. The number of nitrogens with one attached hydrogen (secondary N) is 1. The Morgan fingerprint density at radius 3 is 2.15 bits per heavy atom. The Labute approximate surface area is 232 Å². The molecule has 0 saturated carbocycles. The average Bonchev–Trinajstić information content (AvgIpc) is 2.91. The molecule has 7 nitrogen and oxygen atoms in total. The van der Waals surface area contributed by atoms with Crippen molar-refractivity contribution in [1.82, 2.24) is 10.2 Å². The van der Waals surface area contributed by atoms with Crippen molar-refractivity contribution in [2.45, 2.75) is 45.3 Å². The van der Waals surface area contributed by atoms with Gasteiger partial charge in [-0.05, 0) is 37.1 Å². The monoisotopic (exact) mass is 575 g/mol. The number of amides is 2. The van der Waals surface area contributed by atoms with E-state index in [1.54, 1.807) is 43.3 Å². The van der Waals surface area contributed by atoms with Crippen LogP contribution >= 0.6 is 0 Å². The zero-order valence-electron chi connectivity index (χ0n) is 22.5. The molecule has 1 N–H and O–H groups in total. The van der Waals surface area contributed by atoms with E-state index in [4.69, 9.17) is 0 Å². The quantitative estimate of drug-likeness (QED) is 0.346. The van der Waals surface area contributed by atoms with Gasteiger partial charge in [0.1, 0.15) is 18.4 Å². The summed E-state index contributed by atoms with van der Waals surface area (Å²) in [6, 6.07) is 15.7. The maximum Gasteiger partial charge on any atom is 0.244 e. The van der Waals surface area contributed by atoms with Gasteiger partial charge in [0.05, 0.1) is 11.9 Å². The molecule has 0 aromatic heterocycles. The fraction of sp³-hybridized carbons (Fsp3) is 0.310. The molecule has 2 atom stereocenters. The Morgan fingerprint density at radius 2 is 1.55 bits per heavy atom. The molecular weight excluding hydrogens is 543 g/mol. The predicted octanol–water partition coefficient (Wildman–Crippen LogP) is 4.42. The molecule has 0 bridgehead atoms. The first kappa shape index (κ1) is 30.7. The van der Waals surface area contributed by atoms with Crippen LogP contribution in [0.1, 0.15) is 31.4 Å². The number of carbonyl (C=O) groups excluding carboxylic acids is 2. The molecule has 0 unspecified atom stereocenters. The van der Waals surface area contributed by atoms with Crippen LogP contribution in [0.3, 0.4) is 0 Å². The van der Waals surface area contributed by atoms with Crippen molar-refractivity contribution in [3.8, 4) is 0 Å². The minimum atomic E-state index is -4.16. The highest BCUT2D eigenvalue weighted by Gasteiger charge is 2.34. The SMILES string of the molecule is CC[C@H](C)NC(=O)[C@H](Cc1ccccc1)N(Cc1ccccc1F)C(=O)CN(c1ccc(F)c(F)c1)S(C)(=O)=O. The van der Waals surface area contributed by atoms with Crippen molar-refractivity contribution >= 4 is 27.5 Å². The van der Waals surface area contributed by atoms with Gasteiger partial charge in [0.2, 0.25) is 21.8 Å². The first-order chi connectivity index (χ1) is 18.9. The molecule has 0 aliphatic heterocycles. The van der Waals surface area contributed by atoms with Crippen molar-refractivity contribution in [2.24, 2.45) is 0 Å². The van der Waals surface area contributed by atoms with E-state index in [1.807, 2.05) is 6.92 Å². The number of hydrogen-bond acceptors (Lipinski definition) is 4. The summed E-state index contributed by atoms with van der Waals surface area (Å²) >= 11 is 0. The van der Waals surface area contributed by atoms with E-state index >= 15 is 0 Å². The lowest BCUT2D eigenvalue weighted by Gasteiger charge is -2.34. The minimum absolute atomic E-state index is 0.0628. The molecule has 0 heterocycles.